The summed E-state index contributed by atoms with van der Waals surface area (Å²) in [5.41, 5.74) is 9.02. The van der Waals surface area contributed by atoms with E-state index in [2.05, 4.69) is 31.2 Å². The molecule has 18 heavy (non-hydrogen) atoms. The van der Waals surface area contributed by atoms with Crippen LogP contribution < -0.4 is 5.73 Å². The second kappa shape index (κ2) is 6.91. The molecular formula is C16H25NO. The minimum Gasteiger partial charge on any atom is -0.376 e. The van der Waals surface area contributed by atoms with E-state index in [1.54, 1.807) is 0 Å². The first-order valence-electron chi connectivity index (χ1n) is 7.25. The molecule has 2 nitrogen and oxygen atoms in total. The third-order valence-corrected chi connectivity index (χ3v) is 3.80. The molecule has 0 heterocycles. The Morgan fingerprint density at radius 1 is 1.11 bits per heavy atom. The highest BCUT2D eigenvalue weighted by Gasteiger charge is 2.25. The van der Waals surface area contributed by atoms with Crippen LogP contribution in [0, 0.1) is 0 Å². The molecule has 2 rings (SSSR count). The number of hydrogen-bond donors (Lipinski definition) is 1. The van der Waals surface area contributed by atoms with Crippen molar-refractivity contribution >= 4 is 0 Å². The summed E-state index contributed by atoms with van der Waals surface area (Å²) in [6.45, 7) is 3.09. The second-order valence-corrected chi connectivity index (χ2v) is 5.31. The Labute approximate surface area is 111 Å². The molecule has 2 heteroatoms. The molecule has 1 aliphatic carbocycles. The average molecular weight is 247 g/mol. The lowest BCUT2D eigenvalue weighted by Crippen LogP contribution is -2.43. The predicted octanol–water partition coefficient (Wildman–Crippen LogP) is 3.08. The Hall–Kier alpha value is -0.860. The maximum atomic E-state index is 6.21. The van der Waals surface area contributed by atoms with Gasteiger partial charge in [0.15, 0.2) is 0 Å². The van der Waals surface area contributed by atoms with Crippen LogP contribution in [0.3, 0.4) is 0 Å². The van der Waals surface area contributed by atoms with E-state index >= 15 is 0 Å². The van der Waals surface area contributed by atoms with Crippen molar-refractivity contribution in [3.05, 3.63) is 35.4 Å². The summed E-state index contributed by atoms with van der Waals surface area (Å²) in [6.07, 6.45) is 7.16. The molecule has 100 valence electrons. The standard InChI is InChI=1S/C16H25NO/c1-2-3-4-7-10-18-16-12-14-9-6-5-8-13(14)11-15(16)17/h5-6,8-9,15-16H,2-4,7,10-12,17H2,1H3/t15-,16-/m1/s1. The molecule has 0 saturated carbocycles. The van der Waals surface area contributed by atoms with E-state index in [9.17, 15) is 0 Å². The maximum absolute atomic E-state index is 6.21. The Bertz CT molecular complexity index is 364. The maximum Gasteiger partial charge on any atom is 0.0769 e. The number of rotatable bonds is 6. The van der Waals surface area contributed by atoms with Crippen LogP contribution >= 0.6 is 0 Å². The first-order chi connectivity index (χ1) is 8.81. The molecule has 0 aromatic heterocycles. The summed E-state index contributed by atoms with van der Waals surface area (Å²) in [4.78, 5) is 0. The quantitative estimate of drug-likeness (QED) is 0.784. The summed E-state index contributed by atoms with van der Waals surface area (Å²) < 4.78 is 5.97. The van der Waals surface area contributed by atoms with Crippen LogP contribution in [0.1, 0.15) is 43.7 Å². The highest BCUT2D eigenvalue weighted by molar-refractivity contribution is 5.31. The average Bonchev–Trinajstić information content (AvgIpc) is 2.39. The third-order valence-electron chi connectivity index (χ3n) is 3.80. The van der Waals surface area contributed by atoms with Crippen molar-refractivity contribution in [1.29, 1.82) is 0 Å². The Morgan fingerprint density at radius 2 is 1.83 bits per heavy atom. The highest BCUT2D eigenvalue weighted by Crippen LogP contribution is 2.22. The molecular weight excluding hydrogens is 222 g/mol. The van der Waals surface area contributed by atoms with E-state index < -0.39 is 0 Å². The molecule has 1 aromatic rings. The fourth-order valence-corrected chi connectivity index (χ4v) is 2.66. The van der Waals surface area contributed by atoms with Crippen molar-refractivity contribution in [1.82, 2.24) is 0 Å². The molecule has 2 atom stereocenters. The zero-order valence-electron chi connectivity index (χ0n) is 11.4. The normalized spacial score (nSPS) is 22.8. The largest absolute Gasteiger partial charge is 0.376 e. The molecule has 2 N–H and O–H groups in total. The van der Waals surface area contributed by atoms with Gasteiger partial charge in [0.25, 0.3) is 0 Å². The van der Waals surface area contributed by atoms with Gasteiger partial charge in [-0.2, -0.15) is 0 Å². The van der Waals surface area contributed by atoms with E-state index in [0.717, 1.165) is 19.4 Å². The minimum atomic E-state index is 0.158. The Morgan fingerprint density at radius 3 is 2.56 bits per heavy atom. The van der Waals surface area contributed by atoms with Gasteiger partial charge in [0.05, 0.1) is 6.10 Å². The van der Waals surface area contributed by atoms with Gasteiger partial charge in [-0.05, 0) is 24.0 Å². The Balaban J connectivity index is 1.80. The lowest BCUT2D eigenvalue weighted by Gasteiger charge is -2.30. The summed E-state index contributed by atoms with van der Waals surface area (Å²) in [5.74, 6) is 0. The summed E-state index contributed by atoms with van der Waals surface area (Å²) >= 11 is 0. The summed E-state index contributed by atoms with van der Waals surface area (Å²) in [6, 6.07) is 8.75. The molecule has 1 aliphatic rings. The number of ether oxygens (including phenoxy) is 1. The molecule has 0 saturated heterocycles. The van der Waals surface area contributed by atoms with Crippen molar-refractivity contribution in [3.63, 3.8) is 0 Å². The minimum absolute atomic E-state index is 0.158. The molecule has 1 aromatic carbocycles. The van der Waals surface area contributed by atoms with Crippen molar-refractivity contribution in [2.24, 2.45) is 5.73 Å². The van der Waals surface area contributed by atoms with Crippen LogP contribution in [-0.4, -0.2) is 18.8 Å². The van der Waals surface area contributed by atoms with Crippen LogP contribution in [0.25, 0.3) is 0 Å². The van der Waals surface area contributed by atoms with Crippen molar-refractivity contribution in [3.8, 4) is 0 Å². The zero-order chi connectivity index (χ0) is 12.8. The number of benzene rings is 1. The van der Waals surface area contributed by atoms with E-state index in [1.165, 1.54) is 36.8 Å². The predicted molar refractivity (Wildman–Crippen MR) is 75.7 cm³/mol. The first-order valence-corrected chi connectivity index (χ1v) is 7.25. The van der Waals surface area contributed by atoms with Gasteiger partial charge >= 0.3 is 0 Å². The van der Waals surface area contributed by atoms with Gasteiger partial charge in [0, 0.05) is 19.1 Å². The van der Waals surface area contributed by atoms with Gasteiger partial charge in [-0.1, -0.05) is 50.5 Å². The molecule has 0 radical (unpaired) electrons. The Kier molecular flexibility index (Phi) is 5.21. The van der Waals surface area contributed by atoms with E-state index in [0.29, 0.717) is 0 Å². The van der Waals surface area contributed by atoms with E-state index in [-0.39, 0.29) is 12.1 Å². The molecule has 0 spiro atoms. The van der Waals surface area contributed by atoms with Crippen molar-refractivity contribution in [2.75, 3.05) is 6.61 Å². The molecule has 0 fully saturated rings. The van der Waals surface area contributed by atoms with Gasteiger partial charge in [-0.3, -0.25) is 0 Å². The number of fused-ring (bicyclic) bond motifs is 1. The SMILES string of the molecule is CCCCCCO[C@@H]1Cc2ccccc2C[C@H]1N. The lowest BCUT2D eigenvalue weighted by molar-refractivity contribution is 0.0294. The molecule has 0 amide bonds. The molecule has 0 aliphatic heterocycles. The van der Waals surface area contributed by atoms with E-state index in [1.807, 2.05) is 0 Å². The molecule has 0 unspecified atom stereocenters. The lowest BCUT2D eigenvalue weighted by atomic mass is 9.86. The topological polar surface area (TPSA) is 35.2 Å². The summed E-state index contributed by atoms with van der Waals surface area (Å²) in [7, 11) is 0. The fraction of sp³-hybridized carbons (Fsp3) is 0.625. The van der Waals surface area contributed by atoms with E-state index in [4.69, 9.17) is 10.5 Å². The van der Waals surface area contributed by atoms with Crippen LogP contribution in [0.4, 0.5) is 0 Å². The van der Waals surface area contributed by atoms with Gasteiger partial charge < -0.3 is 10.5 Å². The first kappa shape index (κ1) is 13.6. The molecule has 0 bridgehead atoms. The monoisotopic (exact) mass is 247 g/mol. The number of nitrogens with two attached hydrogens (primary N) is 1. The zero-order valence-corrected chi connectivity index (χ0v) is 11.4. The van der Waals surface area contributed by atoms with Gasteiger partial charge in [0.1, 0.15) is 0 Å². The van der Waals surface area contributed by atoms with Crippen LogP contribution in [0.15, 0.2) is 24.3 Å². The van der Waals surface area contributed by atoms with Gasteiger partial charge in [-0.25, -0.2) is 0 Å². The smallest absolute Gasteiger partial charge is 0.0769 e. The second-order valence-electron chi connectivity index (χ2n) is 5.31. The van der Waals surface area contributed by atoms with Crippen molar-refractivity contribution in [2.45, 2.75) is 57.6 Å². The van der Waals surface area contributed by atoms with Gasteiger partial charge in [-0.15, -0.1) is 0 Å². The van der Waals surface area contributed by atoms with Gasteiger partial charge in [0.2, 0.25) is 0 Å². The number of hydrogen-bond acceptors (Lipinski definition) is 2. The third kappa shape index (κ3) is 3.56. The van der Waals surface area contributed by atoms with Crippen molar-refractivity contribution < 1.29 is 4.74 Å². The number of unbranched alkanes of at least 4 members (excludes halogenated alkanes) is 3. The van der Waals surface area contributed by atoms with Crippen LogP contribution in [-0.2, 0) is 17.6 Å². The highest BCUT2D eigenvalue weighted by atomic mass is 16.5. The fourth-order valence-electron chi connectivity index (χ4n) is 2.66. The van der Waals surface area contributed by atoms with Crippen LogP contribution in [0.5, 0.6) is 0 Å². The van der Waals surface area contributed by atoms with Crippen LogP contribution in [0.2, 0.25) is 0 Å². The summed E-state index contributed by atoms with van der Waals surface area (Å²) in [5, 5.41) is 0.